The Morgan fingerprint density at radius 3 is 2.66 bits per heavy atom. The van der Waals surface area contributed by atoms with Gasteiger partial charge in [-0.2, -0.15) is 4.98 Å². The fourth-order valence-electron chi connectivity index (χ4n) is 3.59. The second kappa shape index (κ2) is 8.05. The van der Waals surface area contributed by atoms with Crippen molar-refractivity contribution in [1.82, 2.24) is 15.5 Å². The highest BCUT2D eigenvalue weighted by Crippen LogP contribution is 2.46. The van der Waals surface area contributed by atoms with E-state index >= 15 is 0 Å². The molecular weight excluding hydrogens is 370 g/mol. The number of hydrogen-bond acceptors (Lipinski definition) is 6. The Morgan fingerprint density at radius 2 is 1.97 bits per heavy atom. The van der Waals surface area contributed by atoms with Crippen molar-refractivity contribution < 1.29 is 18.8 Å². The Bertz CT molecular complexity index is 867. The molecule has 0 bridgehead atoms. The maximum Gasteiger partial charge on any atom is 0.232 e. The number of carbonyl (C=O) groups excluding carboxylic acids is 1. The Labute approximate surface area is 171 Å². The molecule has 1 aromatic carbocycles. The Kier molecular flexibility index (Phi) is 5.48. The zero-order valence-corrected chi connectivity index (χ0v) is 17.4. The minimum Gasteiger partial charge on any atom is -0.486 e. The highest BCUT2D eigenvalue weighted by atomic mass is 16.6. The van der Waals surface area contributed by atoms with Gasteiger partial charge in [-0.1, -0.05) is 32.0 Å². The maximum absolute atomic E-state index is 12.6. The molecule has 2 heterocycles. The summed E-state index contributed by atoms with van der Waals surface area (Å²) in [5.41, 5.74) is 0.982. The number of amides is 1. The summed E-state index contributed by atoms with van der Waals surface area (Å²) in [6.45, 7) is 7.74. The second-order valence-electron chi connectivity index (χ2n) is 8.92. The summed E-state index contributed by atoms with van der Waals surface area (Å²) in [4.78, 5) is 17.0. The van der Waals surface area contributed by atoms with Crippen molar-refractivity contribution in [3.05, 3.63) is 35.5 Å². The van der Waals surface area contributed by atoms with Crippen molar-refractivity contribution in [2.75, 3.05) is 19.8 Å². The van der Waals surface area contributed by atoms with Crippen LogP contribution in [0.1, 0.15) is 63.2 Å². The minimum atomic E-state index is -0.171. The third kappa shape index (κ3) is 4.89. The zero-order valence-electron chi connectivity index (χ0n) is 17.4. The van der Waals surface area contributed by atoms with E-state index in [0.29, 0.717) is 50.2 Å². The lowest BCUT2D eigenvalue weighted by atomic mass is 9.90. The van der Waals surface area contributed by atoms with Crippen LogP contribution in [0.3, 0.4) is 0 Å². The standard InChI is InChI=1S/C22H29N3O4/c1-22(2,3)21-24-19(25-29-21)8-9-23-20(26)13-16(14-4-5-14)15-6-7-17-18(12-15)28-11-10-27-17/h6-7,12,14,16H,4-5,8-11,13H2,1-3H3,(H,23,26). The number of nitrogens with zero attached hydrogens (tertiary/aromatic N) is 2. The number of aromatic nitrogens is 2. The van der Waals surface area contributed by atoms with Gasteiger partial charge in [0.25, 0.3) is 0 Å². The van der Waals surface area contributed by atoms with Crippen LogP contribution in [0.4, 0.5) is 0 Å². The van der Waals surface area contributed by atoms with Crippen molar-refractivity contribution in [2.24, 2.45) is 5.92 Å². The van der Waals surface area contributed by atoms with Crippen molar-refractivity contribution >= 4 is 5.91 Å². The monoisotopic (exact) mass is 399 g/mol. The molecule has 1 aliphatic heterocycles. The molecule has 1 aromatic heterocycles. The van der Waals surface area contributed by atoms with Crippen LogP contribution in [0.2, 0.25) is 0 Å². The molecule has 1 saturated carbocycles. The number of nitrogens with one attached hydrogen (secondary N) is 1. The van der Waals surface area contributed by atoms with Crippen LogP contribution in [0.25, 0.3) is 0 Å². The van der Waals surface area contributed by atoms with Gasteiger partial charge in [0.2, 0.25) is 11.8 Å². The van der Waals surface area contributed by atoms with E-state index < -0.39 is 0 Å². The molecule has 29 heavy (non-hydrogen) atoms. The Hall–Kier alpha value is -2.57. The van der Waals surface area contributed by atoms with E-state index in [2.05, 4.69) is 21.5 Å². The molecule has 0 radical (unpaired) electrons. The predicted octanol–water partition coefficient (Wildman–Crippen LogP) is 3.38. The zero-order chi connectivity index (χ0) is 20.4. The summed E-state index contributed by atoms with van der Waals surface area (Å²) in [6, 6.07) is 6.06. The predicted molar refractivity (Wildman–Crippen MR) is 107 cm³/mol. The van der Waals surface area contributed by atoms with Gasteiger partial charge < -0.3 is 19.3 Å². The first kappa shape index (κ1) is 19.7. The summed E-state index contributed by atoms with van der Waals surface area (Å²) < 4.78 is 16.6. The summed E-state index contributed by atoms with van der Waals surface area (Å²) in [7, 11) is 0. The largest absolute Gasteiger partial charge is 0.486 e. The summed E-state index contributed by atoms with van der Waals surface area (Å²) in [5, 5.41) is 7.01. The van der Waals surface area contributed by atoms with Gasteiger partial charge in [-0.3, -0.25) is 4.79 Å². The molecule has 1 N–H and O–H groups in total. The van der Waals surface area contributed by atoms with Crippen LogP contribution in [0, 0.1) is 5.92 Å². The first-order chi connectivity index (χ1) is 13.9. The number of fused-ring (bicyclic) bond motifs is 1. The fraction of sp³-hybridized carbons (Fsp3) is 0.591. The highest BCUT2D eigenvalue weighted by Gasteiger charge is 2.34. The number of rotatable bonds is 7. The normalized spacial score (nSPS) is 17.1. The molecule has 1 aliphatic carbocycles. The lowest BCUT2D eigenvalue weighted by molar-refractivity contribution is -0.121. The molecule has 0 saturated heterocycles. The van der Waals surface area contributed by atoms with Crippen LogP contribution >= 0.6 is 0 Å². The van der Waals surface area contributed by atoms with Gasteiger partial charge in [-0.25, -0.2) is 0 Å². The lowest BCUT2D eigenvalue weighted by Gasteiger charge is -2.22. The van der Waals surface area contributed by atoms with E-state index in [0.717, 1.165) is 17.1 Å². The van der Waals surface area contributed by atoms with E-state index in [1.54, 1.807) is 0 Å². The summed E-state index contributed by atoms with van der Waals surface area (Å²) in [6.07, 6.45) is 3.38. The molecule has 1 unspecified atom stereocenters. The van der Waals surface area contributed by atoms with Gasteiger partial charge in [-0.15, -0.1) is 0 Å². The van der Waals surface area contributed by atoms with Crippen molar-refractivity contribution in [1.29, 1.82) is 0 Å². The highest BCUT2D eigenvalue weighted by molar-refractivity contribution is 5.77. The molecule has 7 nitrogen and oxygen atoms in total. The third-order valence-corrected chi connectivity index (χ3v) is 5.37. The topological polar surface area (TPSA) is 86.5 Å². The van der Waals surface area contributed by atoms with Crippen LogP contribution < -0.4 is 14.8 Å². The van der Waals surface area contributed by atoms with E-state index in [1.165, 1.54) is 12.8 Å². The molecular formula is C22H29N3O4. The quantitative estimate of drug-likeness (QED) is 0.768. The molecule has 0 spiro atoms. The summed E-state index contributed by atoms with van der Waals surface area (Å²) >= 11 is 0. The van der Waals surface area contributed by atoms with Gasteiger partial charge in [0.15, 0.2) is 17.3 Å². The molecule has 156 valence electrons. The first-order valence-corrected chi connectivity index (χ1v) is 10.4. The average molecular weight is 399 g/mol. The van der Waals surface area contributed by atoms with E-state index in [1.807, 2.05) is 32.9 Å². The van der Waals surface area contributed by atoms with Gasteiger partial charge in [0.1, 0.15) is 13.2 Å². The van der Waals surface area contributed by atoms with Gasteiger partial charge in [0, 0.05) is 24.8 Å². The van der Waals surface area contributed by atoms with Crippen LogP contribution in [0.15, 0.2) is 22.7 Å². The van der Waals surface area contributed by atoms with Crippen LogP contribution in [0.5, 0.6) is 11.5 Å². The molecule has 7 heteroatoms. The lowest BCUT2D eigenvalue weighted by Crippen LogP contribution is -2.28. The minimum absolute atomic E-state index is 0.0522. The SMILES string of the molecule is CC(C)(C)c1nc(CCNC(=O)CC(c2ccc3c(c2)OCCO3)C2CC2)no1. The van der Waals surface area contributed by atoms with Crippen molar-refractivity contribution in [3.8, 4) is 11.5 Å². The summed E-state index contributed by atoms with van der Waals surface area (Å²) in [5.74, 6) is 3.64. The van der Waals surface area contributed by atoms with Gasteiger partial charge in [0.05, 0.1) is 0 Å². The molecule has 1 fully saturated rings. The van der Waals surface area contributed by atoms with Crippen molar-refractivity contribution in [2.45, 2.75) is 57.8 Å². The molecule has 2 aromatic rings. The Morgan fingerprint density at radius 1 is 1.21 bits per heavy atom. The third-order valence-electron chi connectivity index (χ3n) is 5.37. The Balaban J connectivity index is 1.32. The van der Waals surface area contributed by atoms with Crippen molar-refractivity contribution in [3.63, 3.8) is 0 Å². The number of hydrogen-bond donors (Lipinski definition) is 1. The van der Waals surface area contributed by atoms with Gasteiger partial charge in [-0.05, 0) is 42.4 Å². The van der Waals surface area contributed by atoms with E-state index in [-0.39, 0.29) is 17.2 Å². The number of benzene rings is 1. The average Bonchev–Trinajstić information content (AvgIpc) is 3.42. The molecule has 2 aliphatic rings. The molecule has 4 rings (SSSR count). The second-order valence-corrected chi connectivity index (χ2v) is 8.92. The van der Waals surface area contributed by atoms with Crippen LogP contribution in [-0.2, 0) is 16.6 Å². The van der Waals surface area contributed by atoms with E-state index in [4.69, 9.17) is 14.0 Å². The molecule has 1 amide bonds. The fourth-order valence-corrected chi connectivity index (χ4v) is 3.59. The van der Waals surface area contributed by atoms with Crippen LogP contribution in [-0.4, -0.2) is 35.8 Å². The first-order valence-electron chi connectivity index (χ1n) is 10.4. The maximum atomic E-state index is 12.6. The smallest absolute Gasteiger partial charge is 0.232 e. The van der Waals surface area contributed by atoms with Gasteiger partial charge >= 0.3 is 0 Å². The van der Waals surface area contributed by atoms with E-state index in [9.17, 15) is 4.79 Å². The number of ether oxygens (including phenoxy) is 2. The molecule has 1 atom stereocenters. The number of carbonyl (C=O) groups is 1.